The van der Waals surface area contributed by atoms with Crippen LogP contribution in [0, 0.1) is 24.0 Å². The molecule has 0 N–H and O–H groups in total. The molecular formula is C24H22N4O5. The molecule has 0 fully saturated rings. The van der Waals surface area contributed by atoms with Gasteiger partial charge in [0.2, 0.25) is 0 Å². The van der Waals surface area contributed by atoms with Crippen LogP contribution >= 0.6 is 0 Å². The third kappa shape index (κ3) is 4.12. The van der Waals surface area contributed by atoms with Crippen molar-refractivity contribution in [2.24, 2.45) is 0 Å². The summed E-state index contributed by atoms with van der Waals surface area (Å²) in [6.45, 7) is 6.03. The lowest BCUT2D eigenvalue weighted by molar-refractivity contribution is -0.384. The van der Waals surface area contributed by atoms with Gasteiger partial charge in [-0.15, -0.1) is 0 Å². The normalized spacial score (nSPS) is 11.0. The number of nitrogens with zero attached hydrogens (tertiary/aromatic N) is 4. The van der Waals surface area contributed by atoms with Crippen molar-refractivity contribution in [2.45, 2.75) is 27.3 Å². The highest BCUT2D eigenvalue weighted by molar-refractivity contribution is 5.97. The first-order valence-electron chi connectivity index (χ1n) is 10.4. The summed E-state index contributed by atoms with van der Waals surface area (Å²) in [7, 11) is 0. The minimum atomic E-state index is -0.572. The predicted molar refractivity (Wildman–Crippen MR) is 123 cm³/mol. The first-order chi connectivity index (χ1) is 15.8. The minimum Gasteiger partial charge on any atom is -0.494 e. The van der Waals surface area contributed by atoms with E-state index in [0.29, 0.717) is 17.7 Å². The van der Waals surface area contributed by atoms with E-state index in [-0.39, 0.29) is 23.4 Å². The fourth-order valence-corrected chi connectivity index (χ4v) is 3.91. The van der Waals surface area contributed by atoms with Gasteiger partial charge in [-0.2, -0.15) is 0 Å². The second-order valence-corrected chi connectivity index (χ2v) is 7.61. The molecule has 2 heterocycles. The first kappa shape index (κ1) is 21.9. The van der Waals surface area contributed by atoms with Gasteiger partial charge in [-0.25, -0.2) is 4.98 Å². The van der Waals surface area contributed by atoms with Gasteiger partial charge in [0.1, 0.15) is 5.75 Å². The number of ether oxygens (including phenoxy) is 1. The molecule has 9 nitrogen and oxygen atoms in total. The lowest BCUT2D eigenvalue weighted by Gasteiger charge is -2.11. The standard InChI is InChI=1S/C24H22N4O5/c1-4-33-19-8-5-17(6-9-19)27-15(2)11-20(16(27)3)23(29)13-26-14-25-22-10-7-18(28(31)32)12-21(22)24(26)30/h5-12,14H,4,13H2,1-3H3. The third-order valence-electron chi connectivity index (χ3n) is 5.47. The summed E-state index contributed by atoms with van der Waals surface area (Å²) in [4.78, 5) is 40.6. The van der Waals surface area contributed by atoms with Gasteiger partial charge in [0.25, 0.3) is 11.2 Å². The quantitative estimate of drug-likeness (QED) is 0.241. The number of hydrogen-bond donors (Lipinski definition) is 0. The maximum atomic E-state index is 13.1. The van der Waals surface area contributed by atoms with Crippen molar-refractivity contribution in [3.63, 3.8) is 0 Å². The summed E-state index contributed by atoms with van der Waals surface area (Å²) >= 11 is 0. The highest BCUT2D eigenvalue weighted by Crippen LogP contribution is 2.24. The number of rotatable bonds is 7. The highest BCUT2D eigenvalue weighted by atomic mass is 16.6. The van der Waals surface area contributed by atoms with Crippen LogP contribution in [-0.2, 0) is 6.54 Å². The molecule has 0 spiro atoms. The summed E-state index contributed by atoms with van der Waals surface area (Å²) < 4.78 is 8.63. The molecule has 0 atom stereocenters. The van der Waals surface area contributed by atoms with Gasteiger partial charge in [-0.3, -0.25) is 24.3 Å². The Kier molecular flexibility index (Phi) is 5.78. The van der Waals surface area contributed by atoms with Gasteiger partial charge >= 0.3 is 0 Å². The number of nitro benzene ring substituents is 1. The third-order valence-corrected chi connectivity index (χ3v) is 5.47. The van der Waals surface area contributed by atoms with E-state index < -0.39 is 10.5 Å². The summed E-state index contributed by atoms with van der Waals surface area (Å²) in [5, 5.41) is 11.2. The zero-order chi connectivity index (χ0) is 23.7. The molecule has 0 saturated carbocycles. The van der Waals surface area contributed by atoms with Crippen LogP contribution in [0.3, 0.4) is 0 Å². The largest absolute Gasteiger partial charge is 0.494 e. The average molecular weight is 446 g/mol. The number of carbonyl (C=O) groups is 1. The Bertz CT molecular complexity index is 1430. The Morgan fingerprint density at radius 3 is 2.52 bits per heavy atom. The molecule has 0 radical (unpaired) electrons. The van der Waals surface area contributed by atoms with Crippen LogP contribution < -0.4 is 10.3 Å². The maximum absolute atomic E-state index is 13.1. The molecule has 0 aliphatic rings. The lowest BCUT2D eigenvalue weighted by Crippen LogP contribution is -2.25. The van der Waals surface area contributed by atoms with Crippen LogP contribution in [0.2, 0.25) is 0 Å². The van der Waals surface area contributed by atoms with E-state index in [9.17, 15) is 19.7 Å². The highest BCUT2D eigenvalue weighted by Gasteiger charge is 2.19. The average Bonchev–Trinajstić information content (AvgIpc) is 3.10. The summed E-state index contributed by atoms with van der Waals surface area (Å²) in [6.07, 6.45) is 1.29. The number of aromatic nitrogens is 3. The molecule has 0 bridgehead atoms. The fraction of sp³-hybridized carbons (Fsp3) is 0.208. The predicted octanol–water partition coefficient (Wildman–Crippen LogP) is 3.99. The lowest BCUT2D eigenvalue weighted by atomic mass is 10.1. The molecule has 0 aliphatic carbocycles. The molecule has 0 saturated heterocycles. The number of non-ortho nitro benzene ring substituents is 1. The van der Waals surface area contributed by atoms with Crippen molar-refractivity contribution in [1.29, 1.82) is 0 Å². The van der Waals surface area contributed by atoms with Crippen LogP contribution in [0.5, 0.6) is 5.75 Å². The minimum absolute atomic E-state index is 0.0966. The fourth-order valence-electron chi connectivity index (χ4n) is 3.91. The zero-order valence-electron chi connectivity index (χ0n) is 18.4. The molecule has 2 aromatic carbocycles. The van der Waals surface area contributed by atoms with Gasteiger partial charge in [0.05, 0.1) is 35.3 Å². The Hall–Kier alpha value is -4.27. The number of hydrogen-bond acceptors (Lipinski definition) is 6. The summed E-state index contributed by atoms with van der Waals surface area (Å²) in [5.41, 5.74) is 2.64. The van der Waals surface area contributed by atoms with E-state index >= 15 is 0 Å². The Labute approximate surface area is 189 Å². The van der Waals surface area contributed by atoms with Gasteiger partial charge in [0.15, 0.2) is 5.78 Å². The zero-order valence-corrected chi connectivity index (χ0v) is 18.4. The Balaban J connectivity index is 1.66. The van der Waals surface area contributed by atoms with Crippen LogP contribution in [-0.4, -0.2) is 31.4 Å². The molecule has 9 heteroatoms. The Morgan fingerprint density at radius 2 is 1.85 bits per heavy atom. The number of nitro groups is 1. The summed E-state index contributed by atoms with van der Waals surface area (Å²) in [6, 6.07) is 13.3. The maximum Gasteiger partial charge on any atom is 0.270 e. The molecule has 2 aromatic heterocycles. The van der Waals surface area contributed by atoms with Crippen LogP contribution in [0.15, 0.2) is 59.7 Å². The van der Waals surface area contributed by atoms with E-state index in [4.69, 9.17) is 4.74 Å². The molecule has 4 rings (SSSR count). The van der Waals surface area contributed by atoms with Crippen LogP contribution in [0.25, 0.3) is 16.6 Å². The van der Waals surface area contributed by atoms with Crippen LogP contribution in [0.4, 0.5) is 5.69 Å². The van der Waals surface area contributed by atoms with Crippen LogP contribution in [0.1, 0.15) is 28.7 Å². The SMILES string of the molecule is CCOc1ccc(-n2c(C)cc(C(=O)Cn3cnc4ccc([N+](=O)[O-])cc4c3=O)c2C)cc1. The van der Waals surface area contributed by atoms with Gasteiger partial charge < -0.3 is 9.30 Å². The van der Waals surface area contributed by atoms with Crippen molar-refractivity contribution in [1.82, 2.24) is 14.1 Å². The number of ketones is 1. The molecule has 4 aromatic rings. The summed E-state index contributed by atoms with van der Waals surface area (Å²) in [5.74, 6) is 0.511. The molecule has 0 amide bonds. The van der Waals surface area contributed by atoms with Crippen molar-refractivity contribution >= 4 is 22.4 Å². The second-order valence-electron chi connectivity index (χ2n) is 7.61. The van der Waals surface area contributed by atoms with Gasteiger partial charge in [-0.1, -0.05) is 0 Å². The van der Waals surface area contributed by atoms with E-state index in [2.05, 4.69) is 4.98 Å². The topological polar surface area (TPSA) is 109 Å². The number of fused-ring (bicyclic) bond motifs is 1. The van der Waals surface area contributed by atoms with E-state index in [0.717, 1.165) is 22.8 Å². The molecular weight excluding hydrogens is 424 g/mol. The van der Waals surface area contributed by atoms with Gasteiger partial charge in [-0.05, 0) is 57.2 Å². The number of carbonyl (C=O) groups excluding carboxylic acids is 1. The van der Waals surface area contributed by atoms with Crippen molar-refractivity contribution < 1.29 is 14.5 Å². The smallest absolute Gasteiger partial charge is 0.270 e. The molecule has 33 heavy (non-hydrogen) atoms. The van der Waals surface area contributed by atoms with E-state index in [1.807, 2.05) is 49.6 Å². The van der Waals surface area contributed by atoms with Gasteiger partial charge in [0, 0.05) is 34.8 Å². The monoisotopic (exact) mass is 446 g/mol. The van der Waals surface area contributed by atoms with Crippen molar-refractivity contribution in [2.75, 3.05) is 6.61 Å². The molecule has 0 unspecified atom stereocenters. The molecule has 0 aliphatic heterocycles. The second kappa shape index (κ2) is 8.70. The number of benzene rings is 2. The van der Waals surface area contributed by atoms with E-state index in [1.165, 1.54) is 29.1 Å². The molecule has 168 valence electrons. The Morgan fingerprint density at radius 1 is 1.12 bits per heavy atom. The van der Waals surface area contributed by atoms with Crippen molar-refractivity contribution in [3.05, 3.63) is 92.3 Å². The first-order valence-corrected chi connectivity index (χ1v) is 10.4. The van der Waals surface area contributed by atoms with Crippen molar-refractivity contribution in [3.8, 4) is 11.4 Å². The van der Waals surface area contributed by atoms with E-state index in [1.54, 1.807) is 6.07 Å². The number of Topliss-reactive ketones (excluding diaryl/α,β-unsaturated/α-hetero) is 1. The number of aryl methyl sites for hydroxylation is 1.